The Morgan fingerprint density at radius 2 is 2.05 bits per heavy atom. The van der Waals surface area contributed by atoms with Gasteiger partial charge in [0.1, 0.15) is 10.5 Å². The zero-order valence-electron chi connectivity index (χ0n) is 12.8. The maximum Gasteiger partial charge on any atom is 0.407 e. The van der Waals surface area contributed by atoms with Gasteiger partial charge >= 0.3 is 12.1 Å². The third-order valence-electron chi connectivity index (χ3n) is 2.15. The molecule has 21 heavy (non-hydrogen) atoms. The van der Waals surface area contributed by atoms with Gasteiger partial charge in [0.2, 0.25) is 0 Å². The van der Waals surface area contributed by atoms with Crippen molar-refractivity contribution in [3.05, 3.63) is 28.0 Å². The number of nitrogens with one attached hydrogen (secondary N) is 1. The second-order valence-electron chi connectivity index (χ2n) is 5.21. The molecule has 1 aromatic heterocycles. The fourth-order valence-electron chi connectivity index (χ4n) is 1.39. The number of thiophene rings is 1. The Morgan fingerprint density at radius 1 is 1.33 bits per heavy atom. The van der Waals surface area contributed by atoms with Gasteiger partial charge in [-0.15, -0.1) is 11.3 Å². The first-order chi connectivity index (χ1) is 9.81. The normalized spacial score (nSPS) is 11.4. The second kappa shape index (κ2) is 7.83. The molecular formula is C15H21NO4S. The Kier molecular flexibility index (Phi) is 6.42. The van der Waals surface area contributed by atoms with E-state index in [1.807, 2.05) is 32.9 Å². The lowest BCUT2D eigenvalue weighted by Gasteiger charge is -2.19. The fraction of sp³-hybridized carbons (Fsp3) is 0.467. The van der Waals surface area contributed by atoms with E-state index in [9.17, 15) is 9.59 Å². The number of amides is 1. The minimum atomic E-state index is -0.504. The van der Waals surface area contributed by atoms with Crippen LogP contribution in [0.5, 0.6) is 0 Å². The molecule has 0 saturated heterocycles. The summed E-state index contributed by atoms with van der Waals surface area (Å²) in [6.45, 7) is 7.93. The highest BCUT2D eigenvalue weighted by atomic mass is 32.1. The van der Waals surface area contributed by atoms with Crippen molar-refractivity contribution in [2.24, 2.45) is 0 Å². The van der Waals surface area contributed by atoms with Gasteiger partial charge in [0.25, 0.3) is 0 Å². The standard InChI is InChI=1S/C15H21NO4S/c1-5-19-13(17)12-9-8-11(21-12)7-6-10-16-14(18)20-15(2,3)4/h6-9H,5,10H2,1-4H3,(H,16,18). The molecule has 0 aliphatic carbocycles. The summed E-state index contributed by atoms with van der Waals surface area (Å²) in [6.07, 6.45) is 3.18. The van der Waals surface area contributed by atoms with Crippen molar-refractivity contribution in [1.82, 2.24) is 5.32 Å². The van der Waals surface area contributed by atoms with E-state index < -0.39 is 11.7 Å². The molecule has 1 heterocycles. The summed E-state index contributed by atoms with van der Waals surface area (Å²) in [6, 6.07) is 3.56. The monoisotopic (exact) mass is 311 g/mol. The molecule has 0 aliphatic heterocycles. The first-order valence-corrected chi connectivity index (χ1v) is 7.54. The lowest BCUT2D eigenvalue weighted by atomic mass is 10.2. The number of carbonyl (C=O) groups excluding carboxylic acids is 2. The molecule has 0 aliphatic rings. The molecule has 0 unspecified atom stereocenters. The van der Waals surface area contributed by atoms with Gasteiger partial charge in [-0.25, -0.2) is 9.59 Å². The van der Waals surface area contributed by atoms with Crippen molar-refractivity contribution in [3.8, 4) is 0 Å². The van der Waals surface area contributed by atoms with Gasteiger partial charge in [-0.1, -0.05) is 6.08 Å². The quantitative estimate of drug-likeness (QED) is 0.846. The molecule has 0 radical (unpaired) electrons. The topological polar surface area (TPSA) is 64.6 Å². The van der Waals surface area contributed by atoms with E-state index in [1.54, 1.807) is 19.1 Å². The molecule has 0 saturated carbocycles. The van der Waals surface area contributed by atoms with Crippen molar-refractivity contribution in [1.29, 1.82) is 0 Å². The highest BCUT2D eigenvalue weighted by Crippen LogP contribution is 2.18. The van der Waals surface area contributed by atoms with Crippen LogP contribution in [0.2, 0.25) is 0 Å². The minimum Gasteiger partial charge on any atom is -0.462 e. The van der Waals surface area contributed by atoms with E-state index in [0.717, 1.165) is 4.88 Å². The molecule has 1 N–H and O–H groups in total. The first-order valence-electron chi connectivity index (χ1n) is 6.72. The maximum atomic E-state index is 11.5. The molecule has 1 amide bonds. The molecule has 0 spiro atoms. The summed E-state index contributed by atoms with van der Waals surface area (Å²) in [5.41, 5.74) is -0.504. The van der Waals surface area contributed by atoms with Crippen LogP contribution in [0.1, 0.15) is 42.2 Å². The van der Waals surface area contributed by atoms with Crippen LogP contribution < -0.4 is 5.32 Å². The van der Waals surface area contributed by atoms with Crippen LogP contribution in [-0.2, 0) is 9.47 Å². The number of carbonyl (C=O) groups is 2. The van der Waals surface area contributed by atoms with E-state index in [-0.39, 0.29) is 5.97 Å². The molecule has 1 aromatic rings. The highest BCUT2D eigenvalue weighted by Gasteiger charge is 2.15. The highest BCUT2D eigenvalue weighted by molar-refractivity contribution is 7.14. The van der Waals surface area contributed by atoms with Crippen LogP contribution in [0.4, 0.5) is 4.79 Å². The van der Waals surface area contributed by atoms with Gasteiger partial charge in [-0.3, -0.25) is 0 Å². The van der Waals surface area contributed by atoms with Crippen LogP contribution in [0.25, 0.3) is 6.08 Å². The zero-order valence-corrected chi connectivity index (χ0v) is 13.6. The third kappa shape index (κ3) is 6.94. The Hall–Kier alpha value is -1.82. The lowest BCUT2D eigenvalue weighted by molar-refractivity contribution is 0.0522. The van der Waals surface area contributed by atoms with Crippen molar-refractivity contribution in [2.45, 2.75) is 33.3 Å². The van der Waals surface area contributed by atoms with Crippen LogP contribution in [0, 0.1) is 0 Å². The molecule has 1 rings (SSSR count). The second-order valence-corrected chi connectivity index (χ2v) is 6.32. The van der Waals surface area contributed by atoms with E-state index in [1.165, 1.54) is 11.3 Å². The summed E-state index contributed by atoms with van der Waals surface area (Å²) in [7, 11) is 0. The Labute approximate surface area is 128 Å². The number of esters is 1. The number of hydrogen-bond acceptors (Lipinski definition) is 5. The molecule has 116 valence electrons. The maximum absolute atomic E-state index is 11.5. The summed E-state index contributed by atoms with van der Waals surface area (Å²) >= 11 is 1.34. The minimum absolute atomic E-state index is 0.311. The van der Waals surface area contributed by atoms with Crippen LogP contribution in [0.3, 0.4) is 0 Å². The zero-order chi connectivity index (χ0) is 15.9. The number of rotatable bonds is 5. The Morgan fingerprint density at radius 3 is 2.67 bits per heavy atom. The molecule has 0 aromatic carbocycles. The van der Waals surface area contributed by atoms with E-state index in [0.29, 0.717) is 18.0 Å². The van der Waals surface area contributed by atoms with Crippen LogP contribution in [0.15, 0.2) is 18.2 Å². The van der Waals surface area contributed by atoms with Gasteiger partial charge in [-0.2, -0.15) is 0 Å². The third-order valence-corrected chi connectivity index (χ3v) is 3.18. The summed E-state index contributed by atoms with van der Waals surface area (Å²) in [4.78, 5) is 24.4. The fourth-order valence-corrected chi connectivity index (χ4v) is 2.22. The Balaban J connectivity index is 2.41. The van der Waals surface area contributed by atoms with Crippen molar-refractivity contribution >= 4 is 29.5 Å². The van der Waals surface area contributed by atoms with Gasteiger partial charge in [0.05, 0.1) is 6.61 Å². The van der Waals surface area contributed by atoms with E-state index >= 15 is 0 Å². The van der Waals surface area contributed by atoms with Gasteiger partial charge in [0.15, 0.2) is 0 Å². The average molecular weight is 311 g/mol. The van der Waals surface area contributed by atoms with Crippen LogP contribution in [-0.4, -0.2) is 30.8 Å². The number of ether oxygens (including phenoxy) is 2. The molecular weight excluding hydrogens is 290 g/mol. The molecule has 6 heteroatoms. The molecule has 0 fully saturated rings. The smallest absolute Gasteiger partial charge is 0.407 e. The number of alkyl carbamates (subject to hydrolysis) is 1. The predicted molar refractivity (Wildman–Crippen MR) is 83.5 cm³/mol. The Bertz CT molecular complexity index is 514. The summed E-state index contributed by atoms with van der Waals surface area (Å²) in [5, 5.41) is 2.62. The molecule has 0 bridgehead atoms. The van der Waals surface area contributed by atoms with E-state index in [2.05, 4.69) is 5.32 Å². The van der Waals surface area contributed by atoms with Crippen molar-refractivity contribution < 1.29 is 19.1 Å². The summed E-state index contributed by atoms with van der Waals surface area (Å²) in [5.74, 6) is -0.311. The number of hydrogen-bond donors (Lipinski definition) is 1. The summed E-state index contributed by atoms with van der Waals surface area (Å²) < 4.78 is 10.0. The van der Waals surface area contributed by atoms with Gasteiger partial charge in [-0.05, 0) is 45.9 Å². The SMILES string of the molecule is CCOC(=O)c1ccc(C=CCNC(=O)OC(C)(C)C)s1. The predicted octanol–water partition coefficient (Wildman–Crippen LogP) is 3.46. The van der Waals surface area contributed by atoms with Gasteiger partial charge in [0, 0.05) is 11.4 Å². The molecule has 0 atom stereocenters. The van der Waals surface area contributed by atoms with Crippen LogP contribution >= 0.6 is 11.3 Å². The molecule has 5 nitrogen and oxygen atoms in total. The van der Waals surface area contributed by atoms with E-state index in [4.69, 9.17) is 9.47 Å². The lowest BCUT2D eigenvalue weighted by Crippen LogP contribution is -2.32. The largest absolute Gasteiger partial charge is 0.462 e. The van der Waals surface area contributed by atoms with Crippen molar-refractivity contribution in [3.63, 3.8) is 0 Å². The first kappa shape index (κ1) is 17.2. The van der Waals surface area contributed by atoms with Crippen molar-refractivity contribution in [2.75, 3.05) is 13.2 Å². The average Bonchev–Trinajstić information content (AvgIpc) is 2.81. The van der Waals surface area contributed by atoms with Gasteiger partial charge < -0.3 is 14.8 Å².